The lowest BCUT2D eigenvalue weighted by Gasteiger charge is -2.09. The third-order valence-electron chi connectivity index (χ3n) is 6.44. The second kappa shape index (κ2) is 11.1. The second-order valence-corrected chi connectivity index (χ2v) is 9.03. The molecule has 2 aromatic heterocycles. The molecule has 0 spiro atoms. The van der Waals surface area contributed by atoms with Gasteiger partial charge < -0.3 is 0 Å². The van der Waals surface area contributed by atoms with Gasteiger partial charge in [0.05, 0.1) is 13.1 Å². The quantitative estimate of drug-likeness (QED) is 0.303. The summed E-state index contributed by atoms with van der Waals surface area (Å²) < 4.78 is 8.08. The van der Waals surface area contributed by atoms with Gasteiger partial charge in [0.1, 0.15) is 5.82 Å². The minimum atomic E-state index is -0.589. The van der Waals surface area contributed by atoms with Crippen molar-refractivity contribution in [1.82, 2.24) is 24.5 Å². The summed E-state index contributed by atoms with van der Waals surface area (Å²) in [5.74, 6) is 0.623. The van der Waals surface area contributed by atoms with E-state index >= 15 is 0 Å². The van der Waals surface area contributed by atoms with Crippen molar-refractivity contribution in [3.05, 3.63) is 117 Å². The van der Waals surface area contributed by atoms with Crippen molar-refractivity contribution >= 4 is 0 Å². The Morgan fingerprint density at radius 1 is 0.838 bits per heavy atom. The van der Waals surface area contributed by atoms with E-state index in [1.807, 2.05) is 66.7 Å². The van der Waals surface area contributed by atoms with E-state index in [9.17, 15) is 9.59 Å². The zero-order chi connectivity index (χ0) is 25.6. The highest BCUT2D eigenvalue weighted by molar-refractivity contribution is 5.80. The van der Waals surface area contributed by atoms with Crippen LogP contribution in [0.15, 0.2) is 93.0 Å². The molecule has 8 nitrogen and oxygen atoms in total. The van der Waals surface area contributed by atoms with Gasteiger partial charge in [-0.3, -0.25) is 14.1 Å². The molecule has 8 heteroatoms. The molecule has 0 saturated carbocycles. The number of aryl methyl sites for hydroxylation is 3. The molecule has 0 atom stereocenters. The fourth-order valence-corrected chi connectivity index (χ4v) is 4.45. The molecule has 0 fully saturated rings. The number of benzene rings is 3. The molecule has 0 bridgehead atoms. The lowest BCUT2D eigenvalue weighted by molar-refractivity contribution is 0.388. The molecule has 1 N–H and O–H groups in total. The maximum atomic E-state index is 13.3. The molecule has 0 aliphatic rings. The van der Waals surface area contributed by atoms with Gasteiger partial charge >= 0.3 is 11.4 Å². The summed E-state index contributed by atoms with van der Waals surface area (Å²) in [5.41, 5.74) is 4.79. The van der Waals surface area contributed by atoms with E-state index in [4.69, 9.17) is 5.10 Å². The lowest BCUT2D eigenvalue weighted by Crippen LogP contribution is -2.26. The Morgan fingerprint density at radius 2 is 1.57 bits per heavy atom. The fraction of sp³-hybridized carbons (Fsp3) is 0.241. The van der Waals surface area contributed by atoms with Crippen molar-refractivity contribution in [2.45, 2.75) is 45.7 Å². The van der Waals surface area contributed by atoms with Crippen LogP contribution in [0.2, 0.25) is 0 Å². The van der Waals surface area contributed by atoms with Gasteiger partial charge in [-0.15, -0.1) is 0 Å². The first kappa shape index (κ1) is 24.2. The average Bonchev–Trinajstić information content (AvgIpc) is 3.50. The number of aromatic amines is 1. The van der Waals surface area contributed by atoms with E-state index < -0.39 is 5.76 Å². The zero-order valence-electron chi connectivity index (χ0n) is 20.8. The highest BCUT2D eigenvalue weighted by Gasteiger charge is 2.15. The maximum absolute atomic E-state index is 13.3. The Hall–Kier alpha value is -4.46. The SMILES string of the molecule is CCCCc1nn(CCc2ccccc2)c(=O)n1Cc1ccc(-c2ccccc2-c2noc(=O)[nH]2)cc1. The molecule has 0 unspecified atom stereocenters. The van der Waals surface area contributed by atoms with Crippen LogP contribution in [-0.4, -0.2) is 24.5 Å². The Labute approximate surface area is 214 Å². The smallest absolute Gasteiger partial charge is 0.296 e. The van der Waals surface area contributed by atoms with Crippen molar-refractivity contribution in [3.8, 4) is 22.5 Å². The lowest BCUT2D eigenvalue weighted by atomic mass is 9.98. The van der Waals surface area contributed by atoms with Crippen LogP contribution < -0.4 is 11.4 Å². The molecule has 188 valence electrons. The highest BCUT2D eigenvalue weighted by atomic mass is 16.5. The number of unbranched alkanes of at least 4 members (excludes halogenated alkanes) is 1. The molecule has 37 heavy (non-hydrogen) atoms. The molecule has 0 aliphatic carbocycles. The van der Waals surface area contributed by atoms with Gasteiger partial charge in [0.15, 0.2) is 5.82 Å². The van der Waals surface area contributed by atoms with E-state index in [1.165, 1.54) is 5.56 Å². The molecular weight excluding hydrogens is 466 g/mol. The van der Waals surface area contributed by atoms with E-state index in [0.29, 0.717) is 18.9 Å². The number of H-pyrrole nitrogens is 1. The summed E-state index contributed by atoms with van der Waals surface area (Å²) in [6.45, 7) is 3.15. The van der Waals surface area contributed by atoms with Gasteiger partial charge in [0.2, 0.25) is 0 Å². The molecule has 5 rings (SSSR count). The third kappa shape index (κ3) is 5.53. The standard InChI is InChI=1S/C29H29N5O3/c1-2-3-13-26-31-34(19-18-21-9-5-4-6-10-21)29(36)33(26)20-22-14-16-23(17-15-22)24-11-7-8-12-25(24)27-30-28(35)37-32-27/h4-12,14-17H,2-3,13,18-20H2,1H3,(H,30,32,35). The van der Waals surface area contributed by atoms with Crippen LogP contribution >= 0.6 is 0 Å². The normalized spacial score (nSPS) is 11.2. The predicted octanol–water partition coefficient (Wildman–Crippen LogP) is 4.69. The van der Waals surface area contributed by atoms with Crippen molar-refractivity contribution < 1.29 is 4.52 Å². The van der Waals surface area contributed by atoms with E-state index in [0.717, 1.165) is 53.8 Å². The van der Waals surface area contributed by atoms with Crippen LogP contribution in [0.1, 0.15) is 36.7 Å². The molecule has 5 aromatic rings. The minimum absolute atomic E-state index is 0.0774. The van der Waals surface area contributed by atoms with Crippen LogP contribution in [0.4, 0.5) is 0 Å². The first-order chi connectivity index (χ1) is 18.1. The Kier molecular flexibility index (Phi) is 7.26. The van der Waals surface area contributed by atoms with E-state index in [2.05, 4.69) is 33.7 Å². The monoisotopic (exact) mass is 495 g/mol. The minimum Gasteiger partial charge on any atom is -0.296 e. The van der Waals surface area contributed by atoms with Crippen molar-refractivity contribution in [3.63, 3.8) is 0 Å². The number of nitrogens with one attached hydrogen (secondary N) is 1. The average molecular weight is 496 g/mol. The topological polar surface area (TPSA) is 98.7 Å². The number of rotatable bonds is 10. The van der Waals surface area contributed by atoms with Crippen LogP contribution in [0, 0.1) is 0 Å². The Bertz CT molecular complexity index is 1580. The molecule has 2 heterocycles. The predicted molar refractivity (Wildman–Crippen MR) is 142 cm³/mol. The number of hydrogen-bond donors (Lipinski definition) is 1. The van der Waals surface area contributed by atoms with Gasteiger partial charge in [-0.1, -0.05) is 97.4 Å². The summed E-state index contributed by atoms with van der Waals surface area (Å²) >= 11 is 0. The summed E-state index contributed by atoms with van der Waals surface area (Å²) in [7, 11) is 0. The summed E-state index contributed by atoms with van der Waals surface area (Å²) in [6.07, 6.45) is 3.55. The van der Waals surface area contributed by atoms with Gasteiger partial charge in [-0.05, 0) is 35.1 Å². The maximum Gasteiger partial charge on any atom is 0.439 e. The van der Waals surface area contributed by atoms with Crippen LogP contribution in [0.25, 0.3) is 22.5 Å². The van der Waals surface area contributed by atoms with Gasteiger partial charge in [-0.2, -0.15) is 5.10 Å². The largest absolute Gasteiger partial charge is 0.439 e. The zero-order valence-corrected chi connectivity index (χ0v) is 20.8. The van der Waals surface area contributed by atoms with Gasteiger partial charge in [-0.25, -0.2) is 14.3 Å². The highest BCUT2D eigenvalue weighted by Crippen LogP contribution is 2.29. The fourth-order valence-electron chi connectivity index (χ4n) is 4.45. The van der Waals surface area contributed by atoms with Gasteiger partial charge in [0, 0.05) is 12.0 Å². The Balaban J connectivity index is 1.39. The summed E-state index contributed by atoms with van der Waals surface area (Å²) in [5, 5.41) is 8.53. The van der Waals surface area contributed by atoms with E-state index in [-0.39, 0.29) is 5.69 Å². The van der Waals surface area contributed by atoms with Crippen LogP contribution in [0.3, 0.4) is 0 Å². The molecule has 0 saturated heterocycles. The molecule has 3 aromatic carbocycles. The first-order valence-electron chi connectivity index (χ1n) is 12.6. The van der Waals surface area contributed by atoms with Crippen LogP contribution in [-0.2, 0) is 25.9 Å². The van der Waals surface area contributed by atoms with E-state index in [1.54, 1.807) is 9.25 Å². The molecule has 0 radical (unpaired) electrons. The first-order valence-corrected chi connectivity index (χ1v) is 12.6. The van der Waals surface area contributed by atoms with Crippen molar-refractivity contribution in [2.75, 3.05) is 0 Å². The molecular formula is C29H29N5O3. The molecule has 0 aliphatic heterocycles. The summed E-state index contributed by atoms with van der Waals surface area (Å²) in [4.78, 5) is 27.4. The Morgan fingerprint density at radius 3 is 2.27 bits per heavy atom. The van der Waals surface area contributed by atoms with Gasteiger partial charge in [0.25, 0.3) is 0 Å². The number of aromatic nitrogens is 5. The van der Waals surface area contributed by atoms with Crippen molar-refractivity contribution in [2.24, 2.45) is 0 Å². The molecule has 0 amide bonds. The van der Waals surface area contributed by atoms with Crippen LogP contribution in [0.5, 0.6) is 0 Å². The second-order valence-electron chi connectivity index (χ2n) is 9.03. The third-order valence-corrected chi connectivity index (χ3v) is 6.44. The summed E-state index contributed by atoms with van der Waals surface area (Å²) in [6, 6.07) is 25.9. The number of hydrogen-bond acceptors (Lipinski definition) is 5. The number of nitrogens with zero attached hydrogens (tertiary/aromatic N) is 4. The van der Waals surface area contributed by atoms with Crippen molar-refractivity contribution in [1.29, 1.82) is 0 Å².